The van der Waals surface area contributed by atoms with E-state index in [4.69, 9.17) is 34.9 Å². The van der Waals surface area contributed by atoms with Crippen molar-refractivity contribution in [1.29, 1.82) is 0 Å². The van der Waals surface area contributed by atoms with Gasteiger partial charge >= 0.3 is 13.6 Å². The molecule has 360 valence electrons. The number of benzene rings is 6. The van der Waals surface area contributed by atoms with E-state index in [2.05, 4.69) is 0 Å². The van der Waals surface area contributed by atoms with Gasteiger partial charge in [0.15, 0.2) is 6.35 Å². The Balaban J connectivity index is 1.21. The highest BCUT2D eigenvalue weighted by atomic mass is 31.2. The third-order valence-electron chi connectivity index (χ3n) is 12.0. The molecule has 0 saturated carbocycles. The first-order valence-corrected chi connectivity index (χ1v) is 24.6. The van der Waals surface area contributed by atoms with Gasteiger partial charge in [-0.2, -0.15) is 0 Å². The molecule has 0 aliphatic carbocycles. The molecule has 6 aromatic rings. The maximum Gasteiger partial charge on any atom is 0.365 e. The van der Waals surface area contributed by atoms with Crippen LogP contribution in [0.2, 0.25) is 0 Å². The monoisotopic (exact) mass is 954 g/mol. The summed E-state index contributed by atoms with van der Waals surface area (Å²) in [5.74, 6) is -0.811. The van der Waals surface area contributed by atoms with E-state index < -0.39 is 50.0 Å². The molecule has 1 aliphatic rings. The molecule has 5 atom stereocenters. The normalized spacial score (nSPS) is 17.2. The van der Waals surface area contributed by atoms with Gasteiger partial charge in [-0.05, 0) is 83.0 Å². The standard InChI is InChI=1S/C54H59N4O10P/c1-64-29-30-65-37-66-51-47(28-27-44-23-11-12-26-49(44)67-38-69(62,63)68-50(43-21-9-4-10-22-43)34-40-17-7-3-8-18-40)57(35-41-19-13-24-45(31-41)52(55)59)54(61)58(48(51)33-39-15-5-2-6-16-39)36-42-20-14-25-46(32-42)53(56)60/h2-26,31-32,47-48,50-51H,27-30,33-38H2,1H3,(H2,55,59)(H2,56,60)(H,62,63). The number of primary amides is 2. The van der Waals surface area contributed by atoms with Crippen molar-refractivity contribution in [3.8, 4) is 5.75 Å². The molecule has 1 fully saturated rings. The van der Waals surface area contributed by atoms with E-state index >= 15 is 4.79 Å². The van der Waals surface area contributed by atoms with Gasteiger partial charge < -0.3 is 45.1 Å². The van der Waals surface area contributed by atoms with Gasteiger partial charge in [0.1, 0.15) is 18.6 Å². The number of rotatable bonds is 25. The van der Waals surface area contributed by atoms with Gasteiger partial charge in [0.2, 0.25) is 11.8 Å². The van der Waals surface area contributed by atoms with Crippen LogP contribution in [0.5, 0.6) is 5.75 Å². The zero-order chi connectivity index (χ0) is 48.6. The average molecular weight is 955 g/mol. The summed E-state index contributed by atoms with van der Waals surface area (Å²) in [5, 5.41) is 0. The lowest BCUT2D eigenvalue weighted by Gasteiger charge is -2.51. The number of methoxy groups -OCH3 is 1. The molecule has 14 nitrogen and oxygen atoms in total. The summed E-state index contributed by atoms with van der Waals surface area (Å²) >= 11 is 0. The summed E-state index contributed by atoms with van der Waals surface area (Å²) in [5.41, 5.74) is 16.8. The molecule has 0 bridgehead atoms. The lowest BCUT2D eigenvalue weighted by atomic mass is 9.87. The van der Waals surface area contributed by atoms with E-state index in [0.717, 1.165) is 22.3 Å². The van der Waals surface area contributed by atoms with Crippen LogP contribution in [0.15, 0.2) is 164 Å². The third-order valence-corrected chi connectivity index (χ3v) is 13.1. The second-order valence-electron chi connectivity index (χ2n) is 16.9. The number of hydrogen-bond acceptors (Lipinski definition) is 9. The Morgan fingerprint density at radius 1 is 0.681 bits per heavy atom. The van der Waals surface area contributed by atoms with Gasteiger partial charge in [-0.15, -0.1) is 0 Å². The summed E-state index contributed by atoms with van der Waals surface area (Å²) in [7, 11) is -2.77. The van der Waals surface area contributed by atoms with Crippen molar-refractivity contribution in [3.63, 3.8) is 0 Å². The zero-order valence-electron chi connectivity index (χ0n) is 38.6. The Morgan fingerprint density at radius 2 is 1.23 bits per heavy atom. The summed E-state index contributed by atoms with van der Waals surface area (Å²) in [4.78, 5) is 54.9. The lowest BCUT2D eigenvalue weighted by Crippen LogP contribution is -2.66. The number of nitrogens with zero attached hydrogens (tertiary/aromatic N) is 2. The van der Waals surface area contributed by atoms with Crippen LogP contribution >= 0.6 is 7.60 Å². The van der Waals surface area contributed by atoms with E-state index in [1.165, 1.54) is 0 Å². The van der Waals surface area contributed by atoms with Gasteiger partial charge in [0.05, 0.1) is 31.4 Å². The van der Waals surface area contributed by atoms with Crippen molar-refractivity contribution < 1.29 is 47.3 Å². The van der Waals surface area contributed by atoms with Crippen LogP contribution in [0.3, 0.4) is 0 Å². The van der Waals surface area contributed by atoms with Crippen molar-refractivity contribution in [3.05, 3.63) is 208 Å². The number of amides is 4. The molecule has 69 heavy (non-hydrogen) atoms. The van der Waals surface area contributed by atoms with Crippen molar-refractivity contribution in [2.75, 3.05) is 33.5 Å². The van der Waals surface area contributed by atoms with Crippen LogP contribution in [0.1, 0.15) is 66.6 Å². The van der Waals surface area contributed by atoms with E-state index in [9.17, 15) is 19.0 Å². The second-order valence-corrected chi connectivity index (χ2v) is 18.6. The Bertz CT molecular complexity index is 2660. The molecule has 5 unspecified atom stereocenters. The molecule has 1 saturated heterocycles. The van der Waals surface area contributed by atoms with Gasteiger partial charge in [0.25, 0.3) is 0 Å². The van der Waals surface area contributed by atoms with Gasteiger partial charge in [-0.3, -0.25) is 18.7 Å². The predicted molar refractivity (Wildman–Crippen MR) is 262 cm³/mol. The zero-order valence-corrected chi connectivity index (χ0v) is 39.5. The van der Waals surface area contributed by atoms with Crippen molar-refractivity contribution in [2.45, 2.75) is 63.1 Å². The highest BCUT2D eigenvalue weighted by molar-refractivity contribution is 7.52. The number of nitrogens with two attached hydrogens (primary N) is 2. The molecule has 6 aromatic carbocycles. The average Bonchev–Trinajstić information content (AvgIpc) is 3.36. The number of carbonyl (C=O) groups excluding carboxylic acids is 3. The maximum atomic E-state index is 15.4. The highest BCUT2D eigenvalue weighted by Crippen LogP contribution is 2.48. The summed E-state index contributed by atoms with van der Waals surface area (Å²) in [6.07, 6.45) is -0.518. The topological polar surface area (TPSA) is 193 Å². The highest BCUT2D eigenvalue weighted by Gasteiger charge is 2.47. The minimum Gasteiger partial charge on any atom is -0.481 e. The van der Waals surface area contributed by atoms with Crippen LogP contribution in [-0.2, 0) is 55.7 Å². The number of para-hydroxylation sites is 1. The summed E-state index contributed by atoms with van der Waals surface area (Å²) < 4.78 is 44.0. The summed E-state index contributed by atoms with van der Waals surface area (Å²) in [6, 6.07) is 48.3. The number of ether oxygens (including phenoxy) is 4. The molecule has 0 radical (unpaired) electrons. The van der Waals surface area contributed by atoms with Crippen LogP contribution < -0.4 is 16.2 Å². The quantitative estimate of drug-likeness (QED) is 0.0285. The van der Waals surface area contributed by atoms with E-state index in [1.54, 1.807) is 65.4 Å². The Hall–Kier alpha value is -6.64. The summed E-state index contributed by atoms with van der Waals surface area (Å²) in [6.45, 7) is 0.698. The van der Waals surface area contributed by atoms with Crippen molar-refractivity contribution in [1.82, 2.24) is 9.80 Å². The van der Waals surface area contributed by atoms with E-state index in [1.807, 2.05) is 115 Å². The molecule has 1 heterocycles. The van der Waals surface area contributed by atoms with Gasteiger partial charge in [-0.1, -0.05) is 133 Å². The minimum absolute atomic E-state index is 0.0830. The molecule has 0 aromatic heterocycles. The fourth-order valence-electron chi connectivity index (χ4n) is 8.67. The second kappa shape index (κ2) is 24.6. The van der Waals surface area contributed by atoms with Gasteiger partial charge in [-0.25, -0.2) is 4.79 Å². The van der Waals surface area contributed by atoms with Crippen LogP contribution in [0.4, 0.5) is 4.79 Å². The molecule has 4 amide bonds. The Morgan fingerprint density at radius 3 is 1.84 bits per heavy atom. The first kappa shape index (κ1) is 50.2. The molecule has 7 rings (SSSR count). The first-order chi connectivity index (χ1) is 33.5. The van der Waals surface area contributed by atoms with Gasteiger partial charge in [0, 0.05) is 37.7 Å². The first-order valence-electron chi connectivity index (χ1n) is 22.8. The van der Waals surface area contributed by atoms with Crippen LogP contribution in [0.25, 0.3) is 0 Å². The molecule has 15 heteroatoms. The number of urea groups is 1. The van der Waals surface area contributed by atoms with E-state index in [-0.39, 0.29) is 32.5 Å². The molecule has 5 N–H and O–H groups in total. The van der Waals surface area contributed by atoms with Crippen molar-refractivity contribution >= 4 is 25.4 Å². The predicted octanol–water partition coefficient (Wildman–Crippen LogP) is 8.46. The fourth-order valence-corrected chi connectivity index (χ4v) is 9.62. The molecule has 1 aliphatic heterocycles. The third kappa shape index (κ3) is 14.2. The Kier molecular flexibility index (Phi) is 17.9. The molecular formula is C54H59N4O10P. The van der Waals surface area contributed by atoms with Crippen LogP contribution in [0, 0.1) is 0 Å². The number of carbonyl (C=O) groups is 3. The lowest BCUT2D eigenvalue weighted by molar-refractivity contribution is -0.150. The molecule has 0 spiro atoms. The SMILES string of the molecule is COCCOCOC1C(CCc2ccccc2OCP(=O)(O)OC(Cc2ccccc2)c2ccccc2)N(Cc2cccc(C(N)=O)c2)C(=O)N(Cc2cccc(C(N)=O)c2)C1Cc1ccccc1. The smallest absolute Gasteiger partial charge is 0.365 e. The number of hydrogen-bond donors (Lipinski definition) is 3. The maximum absolute atomic E-state index is 15.4. The van der Waals surface area contributed by atoms with Crippen molar-refractivity contribution in [2.24, 2.45) is 11.5 Å². The largest absolute Gasteiger partial charge is 0.481 e. The minimum atomic E-state index is -4.35. The number of aryl methyl sites for hydroxylation is 1. The molecular weight excluding hydrogens is 896 g/mol. The van der Waals surface area contributed by atoms with E-state index in [0.29, 0.717) is 60.3 Å². The Labute approximate surface area is 403 Å². The van der Waals surface area contributed by atoms with Crippen LogP contribution in [-0.4, -0.2) is 84.2 Å². The fraction of sp³-hybridized carbons (Fsp3) is 0.278.